The third-order valence-corrected chi connectivity index (χ3v) is 8.92. The predicted molar refractivity (Wildman–Crippen MR) is 152 cm³/mol. The first-order valence-corrected chi connectivity index (χ1v) is 14.5. The van der Waals surface area contributed by atoms with E-state index in [0.717, 1.165) is 12.1 Å². The van der Waals surface area contributed by atoms with Crippen molar-refractivity contribution in [2.24, 2.45) is 5.92 Å². The molecule has 0 bridgehead atoms. The van der Waals surface area contributed by atoms with E-state index in [9.17, 15) is 13.5 Å². The summed E-state index contributed by atoms with van der Waals surface area (Å²) in [4.78, 5) is 2.26. The van der Waals surface area contributed by atoms with Gasteiger partial charge in [-0.1, -0.05) is 61.2 Å². The van der Waals surface area contributed by atoms with Gasteiger partial charge in [0.1, 0.15) is 22.5 Å². The SMILES string of the molecule is COc1ccccc1C#Cc1ccc2c(c1)O[C@@H](CN(C)Cc1ccccc1)[C@@H](C)CN([C@H](C)CO)S2(=O)=O. The smallest absolute Gasteiger partial charge is 0.247 e. The van der Waals surface area contributed by atoms with Gasteiger partial charge in [0.2, 0.25) is 10.0 Å². The van der Waals surface area contributed by atoms with Crippen LogP contribution in [-0.4, -0.2) is 68.7 Å². The minimum Gasteiger partial charge on any atom is -0.495 e. The van der Waals surface area contributed by atoms with E-state index in [2.05, 4.69) is 28.9 Å². The van der Waals surface area contributed by atoms with Crippen molar-refractivity contribution in [3.05, 3.63) is 89.5 Å². The second-order valence-corrected chi connectivity index (χ2v) is 11.9. The molecule has 7 nitrogen and oxygen atoms in total. The summed E-state index contributed by atoms with van der Waals surface area (Å²) in [6, 6.07) is 22.0. The molecule has 1 N–H and O–H groups in total. The molecule has 0 radical (unpaired) electrons. The number of ether oxygens (including phenoxy) is 2. The van der Waals surface area contributed by atoms with Gasteiger partial charge in [0.05, 0.1) is 19.3 Å². The molecule has 4 rings (SSSR count). The van der Waals surface area contributed by atoms with Crippen molar-refractivity contribution in [2.75, 3.05) is 33.9 Å². The normalized spacial score (nSPS) is 19.5. The number of para-hydroxylation sites is 1. The van der Waals surface area contributed by atoms with Crippen LogP contribution in [0.1, 0.15) is 30.5 Å². The van der Waals surface area contributed by atoms with Crippen LogP contribution in [0, 0.1) is 17.8 Å². The average Bonchev–Trinajstić information content (AvgIpc) is 2.94. The lowest BCUT2D eigenvalue weighted by atomic mass is 10.0. The lowest BCUT2D eigenvalue weighted by Crippen LogP contribution is -2.49. The summed E-state index contributed by atoms with van der Waals surface area (Å²) in [6.45, 7) is 5.00. The largest absolute Gasteiger partial charge is 0.495 e. The van der Waals surface area contributed by atoms with E-state index in [1.54, 1.807) is 32.2 Å². The molecule has 3 aromatic rings. The maximum Gasteiger partial charge on any atom is 0.247 e. The van der Waals surface area contributed by atoms with E-state index >= 15 is 0 Å². The lowest BCUT2D eigenvalue weighted by Gasteiger charge is -2.37. The number of fused-ring (bicyclic) bond motifs is 1. The molecule has 0 spiro atoms. The van der Waals surface area contributed by atoms with Crippen LogP contribution in [0.4, 0.5) is 0 Å². The fraction of sp³-hybridized carbons (Fsp3) is 0.355. The monoisotopic (exact) mass is 548 g/mol. The van der Waals surface area contributed by atoms with Gasteiger partial charge in [0, 0.05) is 37.2 Å². The third kappa shape index (κ3) is 6.81. The number of sulfonamides is 1. The second-order valence-electron chi connectivity index (χ2n) is 10.0. The summed E-state index contributed by atoms with van der Waals surface area (Å²) in [6.07, 6.45) is -0.293. The van der Waals surface area contributed by atoms with E-state index in [4.69, 9.17) is 9.47 Å². The number of aliphatic hydroxyl groups is 1. The molecule has 0 aromatic heterocycles. The van der Waals surface area contributed by atoms with Crippen molar-refractivity contribution in [3.8, 4) is 23.3 Å². The highest BCUT2D eigenvalue weighted by molar-refractivity contribution is 7.89. The Bertz CT molecular complexity index is 1430. The highest BCUT2D eigenvalue weighted by Gasteiger charge is 2.38. The van der Waals surface area contributed by atoms with Gasteiger partial charge in [0.25, 0.3) is 0 Å². The van der Waals surface area contributed by atoms with Crippen LogP contribution >= 0.6 is 0 Å². The Balaban J connectivity index is 1.71. The Hall–Kier alpha value is -3.35. The first kappa shape index (κ1) is 28.7. The summed E-state index contributed by atoms with van der Waals surface area (Å²) in [5.74, 6) is 7.04. The van der Waals surface area contributed by atoms with Gasteiger partial charge >= 0.3 is 0 Å². The Morgan fingerprint density at radius 2 is 1.82 bits per heavy atom. The van der Waals surface area contributed by atoms with E-state index in [1.165, 1.54) is 9.87 Å². The zero-order valence-corrected chi connectivity index (χ0v) is 23.7. The van der Waals surface area contributed by atoms with Gasteiger partial charge < -0.3 is 14.6 Å². The van der Waals surface area contributed by atoms with Crippen LogP contribution < -0.4 is 9.47 Å². The van der Waals surface area contributed by atoms with Gasteiger partial charge in [0.15, 0.2) is 0 Å². The van der Waals surface area contributed by atoms with Gasteiger partial charge in [-0.25, -0.2) is 8.42 Å². The molecule has 0 aliphatic carbocycles. The quantitative estimate of drug-likeness (QED) is 0.450. The highest BCUT2D eigenvalue weighted by Crippen LogP contribution is 2.34. The zero-order chi connectivity index (χ0) is 28.0. The molecule has 3 atom stereocenters. The average molecular weight is 549 g/mol. The van der Waals surface area contributed by atoms with Crippen LogP contribution in [0.25, 0.3) is 0 Å². The topological polar surface area (TPSA) is 79.3 Å². The maximum atomic E-state index is 13.7. The first-order valence-electron chi connectivity index (χ1n) is 13.0. The molecule has 39 heavy (non-hydrogen) atoms. The Morgan fingerprint density at radius 3 is 2.54 bits per heavy atom. The van der Waals surface area contributed by atoms with Crippen molar-refractivity contribution in [2.45, 2.75) is 37.4 Å². The molecule has 8 heteroatoms. The van der Waals surface area contributed by atoms with Crippen LogP contribution in [0.15, 0.2) is 77.7 Å². The molecule has 1 aliphatic heterocycles. The number of rotatable bonds is 7. The molecule has 0 unspecified atom stereocenters. The molecule has 0 amide bonds. The lowest BCUT2D eigenvalue weighted by molar-refractivity contribution is 0.0733. The van der Waals surface area contributed by atoms with Crippen molar-refractivity contribution >= 4 is 10.0 Å². The number of benzene rings is 3. The number of hydrogen-bond acceptors (Lipinski definition) is 6. The van der Waals surface area contributed by atoms with Gasteiger partial charge in [-0.15, -0.1) is 0 Å². The minimum absolute atomic E-state index is 0.0771. The van der Waals surface area contributed by atoms with Crippen LogP contribution in [0.5, 0.6) is 11.5 Å². The molecule has 1 heterocycles. The van der Waals surface area contributed by atoms with E-state index < -0.39 is 16.1 Å². The number of hydrogen-bond donors (Lipinski definition) is 1. The van der Waals surface area contributed by atoms with E-state index in [-0.39, 0.29) is 35.8 Å². The van der Waals surface area contributed by atoms with Crippen LogP contribution in [0.3, 0.4) is 0 Å². The summed E-state index contributed by atoms with van der Waals surface area (Å²) in [5.41, 5.74) is 2.55. The van der Waals surface area contributed by atoms with E-state index in [0.29, 0.717) is 17.9 Å². The minimum atomic E-state index is -3.92. The molecule has 3 aromatic carbocycles. The van der Waals surface area contributed by atoms with Crippen molar-refractivity contribution < 1.29 is 23.0 Å². The van der Waals surface area contributed by atoms with Crippen molar-refractivity contribution in [3.63, 3.8) is 0 Å². The molecular formula is C31H36N2O5S. The Kier molecular flexibility index (Phi) is 9.31. The molecule has 0 saturated heterocycles. The number of nitrogens with zero attached hydrogens (tertiary/aromatic N) is 2. The molecule has 1 aliphatic rings. The summed E-state index contributed by atoms with van der Waals surface area (Å²) in [5, 5.41) is 9.88. The maximum absolute atomic E-state index is 13.7. The van der Waals surface area contributed by atoms with Gasteiger partial charge in [-0.05, 0) is 49.9 Å². The third-order valence-electron chi connectivity index (χ3n) is 6.90. The standard InChI is InChI=1S/C31H36N2O5S/c1-23-19-33(24(2)22-34)39(35,36)31-17-15-25(14-16-27-12-8-9-13-28(27)37-4)18-29(31)38-30(23)21-32(3)20-26-10-6-5-7-11-26/h5-13,15,17-18,23-24,30,34H,19-22H2,1-4H3/t23-,24+,30-/m0/s1. The highest BCUT2D eigenvalue weighted by atomic mass is 32.2. The van der Waals surface area contributed by atoms with E-state index in [1.807, 2.05) is 56.4 Å². The fourth-order valence-electron chi connectivity index (χ4n) is 4.68. The van der Waals surface area contributed by atoms with Crippen LogP contribution in [-0.2, 0) is 16.6 Å². The van der Waals surface area contributed by atoms with Crippen LogP contribution in [0.2, 0.25) is 0 Å². The number of methoxy groups -OCH3 is 1. The summed E-state index contributed by atoms with van der Waals surface area (Å²) >= 11 is 0. The number of likely N-dealkylation sites (N-methyl/N-ethyl adjacent to an activating group) is 1. The fourth-order valence-corrected chi connectivity index (χ4v) is 6.50. The Labute approximate surface area is 232 Å². The molecule has 206 valence electrons. The van der Waals surface area contributed by atoms with Crippen molar-refractivity contribution in [1.82, 2.24) is 9.21 Å². The molecular weight excluding hydrogens is 512 g/mol. The molecule has 0 saturated carbocycles. The van der Waals surface area contributed by atoms with Gasteiger partial charge in [-0.3, -0.25) is 4.90 Å². The molecule has 0 fully saturated rings. The first-order chi connectivity index (χ1) is 18.7. The summed E-state index contributed by atoms with van der Waals surface area (Å²) < 4.78 is 40.8. The predicted octanol–water partition coefficient (Wildman–Crippen LogP) is 4.00. The van der Waals surface area contributed by atoms with Gasteiger partial charge in [-0.2, -0.15) is 4.31 Å². The van der Waals surface area contributed by atoms with Crippen molar-refractivity contribution in [1.29, 1.82) is 0 Å². The number of aliphatic hydroxyl groups excluding tert-OH is 1. The Morgan fingerprint density at radius 1 is 1.10 bits per heavy atom. The summed E-state index contributed by atoms with van der Waals surface area (Å²) in [7, 11) is -0.288. The zero-order valence-electron chi connectivity index (χ0n) is 22.9. The second kappa shape index (κ2) is 12.7.